The van der Waals surface area contributed by atoms with Crippen LogP contribution in [0.2, 0.25) is 0 Å². The van der Waals surface area contributed by atoms with Gasteiger partial charge in [-0.25, -0.2) is 9.13 Å². The van der Waals surface area contributed by atoms with Crippen LogP contribution in [0, 0.1) is 0 Å². The van der Waals surface area contributed by atoms with Gasteiger partial charge < -0.3 is 4.55 Å². The maximum Gasteiger partial charge on any atom is 0.477 e. The maximum absolute atomic E-state index is 11.3. The van der Waals surface area contributed by atoms with Crippen molar-refractivity contribution in [2.24, 2.45) is 7.05 Å². The lowest BCUT2D eigenvalue weighted by molar-refractivity contribution is -0.671. The molecule has 5 nitrogen and oxygen atoms in total. The van der Waals surface area contributed by atoms with E-state index in [1.807, 2.05) is 0 Å². The summed E-state index contributed by atoms with van der Waals surface area (Å²) in [4.78, 5) is 0. The summed E-state index contributed by atoms with van der Waals surface area (Å²) in [5, 5.41) is 0. The molecule has 1 rings (SSSR count). The predicted octanol–water partition coefficient (Wildman–Crippen LogP) is 3.80. The van der Waals surface area contributed by atoms with Crippen molar-refractivity contribution in [2.45, 2.75) is 64.6 Å². The number of aromatic nitrogens is 2. The molecule has 0 aliphatic heterocycles. The molecule has 0 aliphatic rings. The van der Waals surface area contributed by atoms with E-state index in [-0.39, 0.29) is 0 Å². The van der Waals surface area contributed by atoms with Crippen molar-refractivity contribution in [3.8, 4) is 0 Å². The Bertz CT molecular complexity index is 519. The molecule has 1 aromatic heterocycles. The number of aryl methyl sites for hydroxylation is 2. The van der Waals surface area contributed by atoms with Crippen LogP contribution < -0.4 is 4.57 Å². The normalized spacial score (nSPS) is 13.5. The second-order valence-corrected chi connectivity index (χ2v) is 6.33. The van der Waals surface area contributed by atoms with Gasteiger partial charge in [-0.15, -0.1) is 0 Å². The van der Waals surface area contributed by atoms with Crippen LogP contribution >= 0.6 is 0 Å². The number of nitrogens with zero attached hydrogens (tertiary/aromatic N) is 3. The van der Waals surface area contributed by atoms with Crippen molar-refractivity contribution in [3.05, 3.63) is 18.7 Å². The first-order valence-corrected chi connectivity index (χ1v) is 8.97. The fourth-order valence-corrected chi connectivity index (χ4v) is 2.36. The van der Waals surface area contributed by atoms with Gasteiger partial charge in [0.1, 0.15) is 12.4 Å². The highest BCUT2D eigenvalue weighted by molar-refractivity contribution is 7.76. The number of hydrogen-bond donors (Lipinski definition) is 0. The quantitative estimate of drug-likeness (QED) is 0.215. The van der Waals surface area contributed by atoms with Crippen molar-refractivity contribution >= 4 is 11.3 Å². The van der Waals surface area contributed by atoms with Gasteiger partial charge in [-0.1, -0.05) is 32.6 Å². The maximum atomic E-state index is 11.3. The molecule has 0 spiro atoms. The summed E-state index contributed by atoms with van der Waals surface area (Å²) in [6.07, 6.45) is 2.67. The van der Waals surface area contributed by atoms with Gasteiger partial charge in [0.2, 0.25) is 6.33 Å². The SMILES string of the molecule is CCCCCCCCn1cc[n+](C)c1.O=S([O-])N(C(F)(F)F)C(F)(F)F. The first-order chi connectivity index (χ1) is 11.9. The van der Waals surface area contributed by atoms with Crippen LogP contribution in [0.1, 0.15) is 45.4 Å². The molecule has 12 heteroatoms. The molecule has 1 heterocycles. The van der Waals surface area contributed by atoms with Crippen LogP contribution in [0.5, 0.6) is 0 Å². The van der Waals surface area contributed by atoms with E-state index in [0.29, 0.717) is 0 Å². The standard InChI is InChI=1S/C12H23N2.C2HF6NO2S/c1-3-4-5-6-7-8-9-14-11-10-13(2)12-14;3-1(4,5)9(12(10)11)2(6,7)8/h10-12H,3-9H2,1-2H3;(H,10,11)/q+1;/p-1. The molecule has 0 fully saturated rings. The highest BCUT2D eigenvalue weighted by Gasteiger charge is 2.55. The molecule has 0 saturated carbocycles. The second kappa shape index (κ2) is 11.5. The number of rotatable bonds is 8. The smallest absolute Gasteiger partial charge is 0.477 e. The Hall–Kier alpha value is -1.14. The lowest BCUT2D eigenvalue weighted by Gasteiger charge is -2.27. The Morgan fingerprint density at radius 1 is 1.04 bits per heavy atom. The van der Waals surface area contributed by atoms with Gasteiger partial charge in [0.05, 0.1) is 13.6 Å². The third kappa shape index (κ3) is 10.8. The molecule has 26 heavy (non-hydrogen) atoms. The lowest BCUT2D eigenvalue weighted by Crippen LogP contribution is -2.48. The van der Waals surface area contributed by atoms with Gasteiger partial charge in [-0.2, -0.15) is 26.3 Å². The monoisotopic (exact) mass is 411 g/mol. The van der Waals surface area contributed by atoms with Crippen LogP contribution in [0.15, 0.2) is 18.7 Å². The van der Waals surface area contributed by atoms with Gasteiger partial charge >= 0.3 is 12.6 Å². The van der Waals surface area contributed by atoms with Crippen molar-refractivity contribution < 1.29 is 39.7 Å². The van der Waals surface area contributed by atoms with Gasteiger partial charge in [-0.05, 0) is 17.1 Å². The summed E-state index contributed by atoms with van der Waals surface area (Å²) in [6.45, 7) is 3.44. The molecule has 0 aliphatic carbocycles. The fourth-order valence-electron chi connectivity index (χ4n) is 2.02. The number of imidazole rings is 1. The summed E-state index contributed by atoms with van der Waals surface area (Å²) in [7, 11) is 2.07. The van der Waals surface area contributed by atoms with Gasteiger partial charge in [0.15, 0.2) is 0 Å². The average molecular weight is 411 g/mol. The molecule has 1 atom stereocenters. The molecule has 154 valence electrons. The van der Waals surface area contributed by atoms with E-state index in [4.69, 9.17) is 0 Å². The molecular formula is C14H23F6N3O2S. The van der Waals surface area contributed by atoms with Crippen LogP contribution in [-0.4, -0.2) is 30.2 Å². The van der Waals surface area contributed by atoms with Crippen LogP contribution in [-0.2, 0) is 24.9 Å². The zero-order chi connectivity index (χ0) is 20.4. The lowest BCUT2D eigenvalue weighted by atomic mass is 10.1. The Labute approximate surface area is 151 Å². The molecule has 0 aromatic carbocycles. The van der Waals surface area contributed by atoms with E-state index in [1.54, 1.807) is 0 Å². The van der Waals surface area contributed by atoms with Crippen molar-refractivity contribution in [3.63, 3.8) is 0 Å². The average Bonchev–Trinajstić information content (AvgIpc) is 2.85. The van der Waals surface area contributed by atoms with E-state index in [1.165, 1.54) is 45.1 Å². The van der Waals surface area contributed by atoms with Gasteiger partial charge in [0, 0.05) is 11.3 Å². The number of halogens is 6. The van der Waals surface area contributed by atoms with E-state index < -0.39 is 28.2 Å². The number of alkyl halides is 6. The largest absolute Gasteiger partial charge is 0.759 e. The minimum atomic E-state index is -5.98. The highest BCUT2D eigenvalue weighted by Crippen LogP contribution is 2.34. The van der Waals surface area contributed by atoms with Gasteiger partial charge in [-0.3, -0.25) is 4.21 Å². The first kappa shape index (κ1) is 24.9. The van der Waals surface area contributed by atoms with E-state index in [9.17, 15) is 35.1 Å². The zero-order valence-corrected chi connectivity index (χ0v) is 15.3. The molecular weight excluding hydrogens is 388 g/mol. The van der Waals surface area contributed by atoms with E-state index in [2.05, 4.69) is 41.8 Å². The van der Waals surface area contributed by atoms with E-state index >= 15 is 0 Å². The Balaban J connectivity index is 0.000000488. The summed E-state index contributed by atoms with van der Waals surface area (Å²) < 4.78 is 88.5. The fraction of sp³-hybridized carbons (Fsp3) is 0.786. The number of hydrogen-bond acceptors (Lipinski definition) is 2. The minimum Gasteiger partial charge on any atom is -0.759 e. The molecule has 1 unspecified atom stereocenters. The van der Waals surface area contributed by atoms with E-state index in [0.717, 1.165) is 0 Å². The molecule has 0 radical (unpaired) electrons. The third-order valence-electron chi connectivity index (χ3n) is 3.20. The molecule has 0 bridgehead atoms. The minimum absolute atomic E-state index is 1.17. The zero-order valence-electron chi connectivity index (χ0n) is 14.5. The van der Waals surface area contributed by atoms with Crippen molar-refractivity contribution in [1.29, 1.82) is 0 Å². The number of unbranched alkanes of at least 4 members (excludes halogenated alkanes) is 5. The highest BCUT2D eigenvalue weighted by atomic mass is 32.2. The van der Waals surface area contributed by atoms with Gasteiger partial charge in [0.25, 0.3) is 0 Å². The molecule has 1 aromatic rings. The summed E-state index contributed by atoms with van der Waals surface area (Å²) >= 11 is -4.41. The topological polar surface area (TPSA) is 52.2 Å². The van der Waals surface area contributed by atoms with Crippen LogP contribution in [0.25, 0.3) is 0 Å². The Morgan fingerprint density at radius 3 is 1.88 bits per heavy atom. The molecule has 0 amide bonds. The molecule has 0 N–H and O–H groups in total. The Morgan fingerprint density at radius 2 is 1.54 bits per heavy atom. The summed E-state index contributed by atoms with van der Waals surface area (Å²) in [6, 6.07) is 0. The van der Waals surface area contributed by atoms with Crippen LogP contribution in [0.4, 0.5) is 26.3 Å². The third-order valence-corrected chi connectivity index (χ3v) is 3.92. The predicted molar refractivity (Wildman–Crippen MR) is 81.9 cm³/mol. The van der Waals surface area contributed by atoms with Crippen LogP contribution in [0.3, 0.4) is 0 Å². The second-order valence-electron chi connectivity index (χ2n) is 5.53. The summed E-state index contributed by atoms with van der Waals surface area (Å²) in [5.74, 6) is 0. The Kier molecular flexibility index (Phi) is 11.0. The van der Waals surface area contributed by atoms with Crippen molar-refractivity contribution in [1.82, 2.24) is 8.87 Å². The first-order valence-electron chi connectivity index (χ1n) is 7.93. The summed E-state index contributed by atoms with van der Waals surface area (Å²) in [5.41, 5.74) is 0. The van der Waals surface area contributed by atoms with Crippen molar-refractivity contribution in [2.75, 3.05) is 0 Å². The molecule has 0 saturated heterocycles.